The molecule has 0 amide bonds. The van der Waals surface area contributed by atoms with E-state index in [-0.39, 0.29) is 0 Å². The van der Waals surface area contributed by atoms with Gasteiger partial charge in [0.05, 0.1) is 17.9 Å². The summed E-state index contributed by atoms with van der Waals surface area (Å²) in [5.74, 6) is 2.04. The van der Waals surface area contributed by atoms with Crippen molar-refractivity contribution < 1.29 is 9.47 Å². The van der Waals surface area contributed by atoms with Crippen molar-refractivity contribution in [3.8, 4) is 5.75 Å². The van der Waals surface area contributed by atoms with E-state index in [2.05, 4.69) is 30.4 Å². The first-order valence-electron chi connectivity index (χ1n) is 6.92. The number of methoxy groups -OCH3 is 1. The van der Waals surface area contributed by atoms with Crippen molar-refractivity contribution in [1.82, 2.24) is 5.32 Å². The molecule has 106 valence electrons. The Morgan fingerprint density at radius 3 is 3.05 bits per heavy atom. The molecule has 0 saturated carbocycles. The second-order valence-corrected chi connectivity index (χ2v) is 6.03. The van der Waals surface area contributed by atoms with E-state index in [0.717, 1.165) is 37.7 Å². The number of thioether (sulfide) groups is 1. The second-order valence-electron chi connectivity index (χ2n) is 4.68. The highest BCUT2D eigenvalue weighted by Gasteiger charge is 2.30. The Kier molecular flexibility index (Phi) is 6.01. The van der Waals surface area contributed by atoms with E-state index in [4.69, 9.17) is 9.47 Å². The summed E-state index contributed by atoms with van der Waals surface area (Å²) in [7, 11) is 1.75. The third-order valence-electron chi connectivity index (χ3n) is 3.26. The quantitative estimate of drug-likeness (QED) is 0.779. The highest BCUT2D eigenvalue weighted by Crippen LogP contribution is 2.37. The zero-order valence-electron chi connectivity index (χ0n) is 11.7. The average molecular weight is 281 g/mol. The topological polar surface area (TPSA) is 30.5 Å². The fourth-order valence-corrected chi connectivity index (χ4v) is 3.47. The van der Waals surface area contributed by atoms with Crippen molar-refractivity contribution in [2.45, 2.75) is 24.6 Å². The van der Waals surface area contributed by atoms with E-state index in [9.17, 15) is 0 Å². The van der Waals surface area contributed by atoms with E-state index in [1.807, 2.05) is 17.8 Å². The number of ether oxygens (including phenoxy) is 2. The Hall–Kier alpha value is -0.710. The lowest BCUT2D eigenvalue weighted by atomic mass is 10.00. The van der Waals surface area contributed by atoms with Gasteiger partial charge in [-0.05, 0) is 19.0 Å². The van der Waals surface area contributed by atoms with Gasteiger partial charge in [-0.1, -0.05) is 25.1 Å². The number of hydrogen-bond acceptors (Lipinski definition) is 4. The third kappa shape index (κ3) is 3.88. The number of rotatable bonds is 7. The first-order valence-corrected chi connectivity index (χ1v) is 7.97. The van der Waals surface area contributed by atoms with Crippen molar-refractivity contribution >= 4 is 11.8 Å². The molecule has 19 heavy (non-hydrogen) atoms. The van der Waals surface area contributed by atoms with Crippen molar-refractivity contribution in [2.75, 3.05) is 32.6 Å². The van der Waals surface area contributed by atoms with Crippen LogP contribution in [0.15, 0.2) is 24.3 Å². The molecule has 3 nitrogen and oxygen atoms in total. The number of benzene rings is 1. The molecule has 0 spiro atoms. The lowest BCUT2D eigenvalue weighted by Crippen LogP contribution is -2.38. The van der Waals surface area contributed by atoms with Crippen LogP contribution in [0, 0.1) is 0 Å². The summed E-state index contributed by atoms with van der Waals surface area (Å²) >= 11 is 1.93. The molecule has 0 fully saturated rings. The molecule has 1 N–H and O–H groups in total. The van der Waals surface area contributed by atoms with Gasteiger partial charge in [-0.25, -0.2) is 0 Å². The summed E-state index contributed by atoms with van der Waals surface area (Å²) in [6.07, 6.45) is 1.15. The van der Waals surface area contributed by atoms with Gasteiger partial charge in [-0.2, -0.15) is 11.8 Å². The molecule has 2 atom stereocenters. The van der Waals surface area contributed by atoms with Crippen LogP contribution in [0.3, 0.4) is 0 Å². The van der Waals surface area contributed by atoms with Crippen LogP contribution in [0.1, 0.15) is 24.9 Å². The van der Waals surface area contributed by atoms with Crippen molar-refractivity contribution in [2.24, 2.45) is 0 Å². The molecule has 1 aromatic rings. The predicted octanol–water partition coefficient (Wildman–Crippen LogP) is 2.87. The molecule has 2 unspecified atom stereocenters. The van der Waals surface area contributed by atoms with Gasteiger partial charge in [-0.15, -0.1) is 0 Å². The fraction of sp³-hybridized carbons (Fsp3) is 0.600. The molecule has 2 rings (SSSR count). The summed E-state index contributed by atoms with van der Waals surface area (Å²) in [6.45, 7) is 4.81. The second kappa shape index (κ2) is 7.78. The minimum atomic E-state index is 0.381. The van der Waals surface area contributed by atoms with E-state index in [1.54, 1.807) is 7.11 Å². The summed E-state index contributed by atoms with van der Waals surface area (Å²) in [4.78, 5) is 0. The van der Waals surface area contributed by atoms with Crippen LogP contribution in [-0.2, 0) is 4.74 Å². The Labute approximate surface area is 120 Å². The Morgan fingerprint density at radius 1 is 1.42 bits per heavy atom. The Morgan fingerprint density at radius 2 is 2.26 bits per heavy atom. The monoisotopic (exact) mass is 281 g/mol. The summed E-state index contributed by atoms with van der Waals surface area (Å²) in [5, 5.41) is 4.12. The molecular weight excluding hydrogens is 258 g/mol. The molecule has 0 radical (unpaired) electrons. The lowest BCUT2D eigenvalue weighted by Gasteiger charge is -2.34. The van der Waals surface area contributed by atoms with Crippen LogP contribution in [0.2, 0.25) is 0 Å². The molecule has 1 aliphatic rings. The van der Waals surface area contributed by atoms with Gasteiger partial charge < -0.3 is 14.8 Å². The van der Waals surface area contributed by atoms with Gasteiger partial charge in [0.2, 0.25) is 0 Å². The zero-order valence-corrected chi connectivity index (χ0v) is 12.5. The van der Waals surface area contributed by atoms with Gasteiger partial charge in [-0.3, -0.25) is 0 Å². The smallest absolute Gasteiger partial charge is 0.124 e. The molecule has 0 bridgehead atoms. The number of fused-ring (bicyclic) bond motifs is 1. The van der Waals surface area contributed by atoms with Crippen LogP contribution in [0.5, 0.6) is 5.75 Å². The third-order valence-corrected chi connectivity index (χ3v) is 4.50. The summed E-state index contributed by atoms with van der Waals surface area (Å²) in [5.41, 5.74) is 1.29. The van der Waals surface area contributed by atoms with Gasteiger partial charge in [0.1, 0.15) is 12.4 Å². The molecule has 0 aliphatic carbocycles. The van der Waals surface area contributed by atoms with E-state index >= 15 is 0 Å². The standard InChI is InChI=1S/C15H23NO2S/c1-3-8-16-15-12-6-4-5-7-13(12)18-11-14(15)19-10-9-17-2/h4-7,14-16H,3,8-11H2,1-2H3. The van der Waals surface area contributed by atoms with E-state index < -0.39 is 0 Å². The molecule has 0 aromatic heterocycles. The number of hydrogen-bond donors (Lipinski definition) is 1. The maximum atomic E-state index is 5.88. The molecule has 1 heterocycles. The van der Waals surface area contributed by atoms with Crippen LogP contribution in [-0.4, -0.2) is 37.9 Å². The fourth-order valence-electron chi connectivity index (χ4n) is 2.31. The minimum absolute atomic E-state index is 0.381. The number of para-hydroxylation sites is 1. The van der Waals surface area contributed by atoms with Gasteiger partial charge in [0.25, 0.3) is 0 Å². The minimum Gasteiger partial charge on any atom is -0.492 e. The number of nitrogens with one attached hydrogen (secondary N) is 1. The highest BCUT2D eigenvalue weighted by atomic mass is 32.2. The maximum absolute atomic E-state index is 5.88. The van der Waals surface area contributed by atoms with E-state index in [0.29, 0.717) is 11.3 Å². The molecule has 1 aromatic carbocycles. The highest BCUT2D eigenvalue weighted by molar-refractivity contribution is 8.00. The molecule has 4 heteroatoms. The average Bonchev–Trinajstić information content (AvgIpc) is 2.46. The first kappa shape index (κ1) is 14.7. The maximum Gasteiger partial charge on any atom is 0.124 e. The van der Waals surface area contributed by atoms with Crippen molar-refractivity contribution in [3.63, 3.8) is 0 Å². The predicted molar refractivity (Wildman–Crippen MR) is 81.1 cm³/mol. The van der Waals surface area contributed by atoms with Crippen LogP contribution < -0.4 is 10.1 Å². The van der Waals surface area contributed by atoms with Crippen LogP contribution in [0.4, 0.5) is 0 Å². The zero-order chi connectivity index (χ0) is 13.5. The Bertz CT molecular complexity index is 386. The van der Waals surface area contributed by atoms with Crippen molar-refractivity contribution in [3.05, 3.63) is 29.8 Å². The lowest BCUT2D eigenvalue weighted by molar-refractivity contribution is 0.217. The largest absolute Gasteiger partial charge is 0.492 e. The molecular formula is C15H23NO2S. The van der Waals surface area contributed by atoms with E-state index in [1.165, 1.54) is 5.56 Å². The molecule has 0 saturated heterocycles. The van der Waals surface area contributed by atoms with Crippen molar-refractivity contribution in [1.29, 1.82) is 0 Å². The van der Waals surface area contributed by atoms with Gasteiger partial charge >= 0.3 is 0 Å². The van der Waals surface area contributed by atoms with Crippen LogP contribution >= 0.6 is 11.8 Å². The summed E-state index contributed by atoms with van der Waals surface area (Å²) < 4.78 is 11.0. The molecule has 1 aliphatic heterocycles. The van der Waals surface area contributed by atoms with Gasteiger partial charge in [0.15, 0.2) is 0 Å². The SMILES string of the molecule is CCCNC1c2ccccc2OCC1SCCOC. The normalized spacial score (nSPS) is 21.8. The Balaban J connectivity index is 2.07. The van der Waals surface area contributed by atoms with Gasteiger partial charge in [0, 0.05) is 18.4 Å². The van der Waals surface area contributed by atoms with Crippen LogP contribution in [0.25, 0.3) is 0 Å². The first-order chi connectivity index (χ1) is 9.36. The summed E-state index contributed by atoms with van der Waals surface area (Å²) in [6, 6.07) is 8.74.